The third kappa shape index (κ3) is 2.46. The van der Waals surface area contributed by atoms with Crippen LogP contribution in [0, 0.1) is 0 Å². The van der Waals surface area contributed by atoms with Gasteiger partial charge in [-0.15, -0.1) is 0 Å². The highest BCUT2D eigenvalue weighted by atomic mass is 35.5. The summed E-state index contributed by atoms with van der Waals surface area (Å²) in [6.45, 7) is 0. The molecule has 5 nitrogen and oxygen atoms in total. The highest BCUT2D eigenvalue weighted by Crippen LogP contribution is 2.45. The molecule has 0 radical (unpaired) electrons. The highest BCUT2D eigenvalue weighted by molar-refractivity contribution is 7.80. The van der Waals surface area contributed by atoms with E-state index in [0.29, 0.717) is 32.9 Å². The van der Waals surface area contributed by atoms with Crippen molar-refractivity contribution in [2.75, 3.05) is 0 Å². The number of rotatable bonds is 2. The van der Waals surface area contributed by atoms with Crippen LogP contribution >= 0.6 is 23.8 Å². The molecule has 130 valence electrons. The van der Waals surface area contributed by atoms with Crippen molar-refractivity contribution < 1.29 is 9.15 Å². The van der Waals surface area contributed by atoms with E-state index < -0.39 is 11.5 Å². The van der Waals surface area contributed by atoms with Crippen LogP contribution in [0.3, 0.4) is 0 Å². The molecule has 4 rings (SSSR count). The molecule has 3 aromatic rings. The number of halogens is 1. The zero-order valence-corrected chi connectivity index (χ0v) is 14.9. The van der Waals surface area contributed by atoms with E-state index in [2.05, 4.69) is 0 Å². The van der Waals surface area contributed by atoms with Crippen molar-refractivity contribution in [3.8, 4) is 5.75 Å². The summed E-state index contributed by atoms with van der Waals surface area (Å²) in [5.41, 5.74) is 13.1. The molecule has 0 bridgehead atoms. The van der Waals surface area contributed by atoms with Gasteiger partial charge in [0.2, 0.25) is 0 Å². The largest absolute Gasteiger partial charge is 0.440 e. The van der Waals surface area contributed by atoms with Crippen molar-refractivity contribution in [2.45, 2.75) is 5.92 Å². The molecular formula is C19H13ClN2O3S. The Bertz CT molecular complexity index is 1150. The molecule has 2 heterocycles. The van der Waals surface area contributed by atoms with Crippen molar-refractivity contribution in [1.29, 1.82) is 0 Å². The summed E-state index contributed by atoms with van der Waals surface area (Å²) in [6, 6.07) is 14.2. The Hall–Kier alpha value is -2.83. The number of para-hydroxylation sites is 1. The normalized spacial score (nSPS) is 16.3. The average Bonchev–Trinajstić information content (AvgIpc) is 2.61. The van der Waals surface area contributed by atoms with Crippen molar-refractivity contribution in [2.24, 2.45) is 11.5 Å². The lowest BCUT2D eigenvalue weighted by Crippen LogP contribution is -2.32. The zero-order chi connectivity index (χ0) is 18.4. The van der Waals surface area contributed by atoms with Crippen LogP contribution < -0.4 is 21.8 Å². The fourth-order valence-corrected chi connectivity index (χ4v) is 3.69. The van der Waals surface area contributed by atoms with Gasteiger partial charge in [0.1, 0.15) is 10.6 Å². The molecule has 1 aromatic heterocycles. The Balaban J connectivity index is 2.13. The van der Waals surface area contributed by atoms with E-state index in [4.69, 9.17) is 44.4 Å². The van der Waals surface area contributed by atoms with Crippen molar-refractivity contribution in [1.82, 2.24) is 0 Å². The van der Waals surface area contributed by atoms with E-state index in [-0.39, 0.29) is 16.4 Å². The second-order valence-electron chi connectivity index (χ2n) is 5.83. The monoisotopic (exact) mass is 384 g/mol. The molecule has 0 saturated heterocycles. The maximum atomic E-state index is 12.8. The Morgan fingerprint density at radius 3 is 2.54 bits per heavy atom. The molecule has 1 aliphatic heterocycles. The third-order valence-electron chi connectivity index (χ3n) is 4.34. The first-order valence-electron chi connectivity index (χ1n) is 7.76. The summed E-state index contributed by atoms with van der Waals surface area (Å²) in [5, 5.41) is 1.09. The van der Waals surface area contributed by atoms with Crippen molar-refractivity contribution >= 4 is 39.8 Å². The number of ether oxygens (including phenoxy) is 1. The number of fused-ring (bicyclic) bond motifs is 3. The van der Waals surface area contributed by atoms with Gasteiger partial charge in [0.15, 0.2) is 11.6 Å². The minimum Gasteiger partial charge on any atom is -0.440 e. The zero-order valence-electron chi connectivity index (χ0n) is 13.4. The number of thiocarbonyl (C=S) groups is 1. The van der Waals surface area contributed by atoms with Crippen LogP contribution in [0.5, 0.6) is 5.75 Å². The SMILES string of the molecule is NC(=S)C1=C(N)Oc2c(c(=O)oc3ccccc23)[C@H]1c1ccccc1Cl. The molecule has 4 N–H and O–H groups in total. The van der Waals surface area contributed by atoms with E-state index in [9.17, 15) is 4.79 Å². The van der Waals surface area contributed by atoms with E-state index in [1.54, 1.807) is 36.4 Å². The van der Waals surface area contributed by atoms with Crippen LogP contribution in [0.4, 0.5) is 0 Å². The van der Waals surface area contributed by atoms with Gasteiger partial charge in [-0.25, -0.2) is 4.79 Å². The lowest BCUT2D eigenvalue weighted by Gasteiger charge is -2.29. The lowest BCUT2D eigenvalue weighted by atomic mass is 9.83. The molecular weight excluding hydrogens is 372 g/mol. The van der Waals surface area contributed by atoms with E-state index in [1.807, 2.05) is 12.1 Å². The molecule has 0 spiro atoms. The molecule has 0 aliphatic carbocycles. The second-order valence-corrected chi connectivity index (χ2v) is 6.67. The molecule has 7 heteroatoms. The predicted molar refractivity (Wildman–Crippen MR) is 104 cm³/mol. The topological polar surface area (TPSA) is 91.5 Å². The molecule has 26 heavy (non-hydrogen) atoms. The van der Waals surface area contributed by atoms with Gasteiger partial charge in [-0.1, -0.05) is 54.2 Å². The predicted octanol–water partition coefficient (Wildman–Crippen LogP) is 3.43. The Morgan fingerprint density at radius 1 is 1.12 bits per heavy atom. The summed E-state index contributed by atoms with van der Waals surface area (Å²) >= 11 is 11.6. The maximum Gasteiger partial charge on any atom is 0.344 e. The second kappa shape index (κ2) is 6.16. The molecule has 0 amide bonds. The minimum absolute atomic E-state index is 0.0330. The Labute approximate surface area is 158 Å². The first kappa shape index (κ1) is 16.6. The van der Waals surface area contributed by atoms with Crippen molar-refractivity contribution in [3.05, 3.63) is 86.6 Å². The smallest absolute Gasteiger partial charge is 0.344 e. The molecule has 0 fully saturated rings. The molecule has 0 saturated carbocycles. The summed E-state index contributed by atoms with van der Waals surface area (Å²) in [6.07, 6.45) is 0. The minimum atomic E-state index is -0.675. The Kier molecular flexibility index (Phi) is 3.94. The molecule has 1 aliphatic rings. The van der Waals surface area contributed by atoms with Gasteiger partial charge in [0, 0.05) is 5.02 Å². The van der Waals surface area contributed by atoms with Crippen LogP contribution in [0.15, 0.2) is 69.2 Å². The third-order valence-corrected chi connectivity index (χ3v) is 4.90. The van der Waals surface area contributed by atoms with E-state index in [0.717, 1.165) is 0 Å². The molecule has 2 aromatic carbocycles. The average molecular weight is 385 g/mol. The molecule has 0 unspecified atom stereocenters. The fraction of sp³-hybridized carbons (Fsp3) is 0.0526. The van der Waals surface area contributed by atoms with Gasteiger partial charge in [-0.3, -0.25) is 0 Å². The maximum absolute atomic E-state index is 12.8. The van der Waals surface area contributed by atoms with Gasteiger partial charge in [0.05, 0.1) is 22.4 Å². The standard InChI is InChI=1S/C19H13ClN2O3S/c20-11-7-3-1-5-9(11)13-14-16(25-17(21)15(13)18(22)26)10-6-2-4-8-12(10)24-19(14)23/h1-8,13H,21H2,(H2,22,26)/t13-/m1/s1. The van der Waals surface area contributed by atoms with Crippen LogP contribution in [0.25, 0.3) is 11.0 Å². The van der Waals surface area contributed by atoms with Crippen LogP contribution in [0.2, 0.25) is 5.02 Å². The molecule has 1 atom stereocenters. The number of hydrogen-bond donors (Lipinski definition) is 2. The number of nitrogens with two attached hydrogens (primary N) is 2. The van der Waals surface area contributed by atoms with Gasteiger partial charge < -0.3 is 20.6 Å². The first-order valence-corrected chi connectivity index (χ1v) is 8.55. The highest BCUT2D eigenvalue weighted by Gasteiger charge is 2.37. The van der Waals surface area contributed by atoms with Gasteiger partial charge in [-0.05, 0) is 23.8 Å². The summed E-state index contributed by atoms with van der Waals surface area (Å²) < 4.78 is 11.3. The van der Waals surface area contributed by atoms with Crippen LogP contribution in [0.1, 0.15) is 17.0 Å². The quantitative estimate of drug-likeness (QED) is 0.519. The van der Waals surface area contributed by atoms with Gasteiger partial charge in [0.25, 0.3) is 0 Å². The fourth-order valence-electron chi connectivity index (χ4n) is 3.23. The van der Waals surface area contributed by atoms with Crippen LogP contribution in [-0.4, -0.2) is 4.99 Å². The van der Waals surface area contributed by atoms with E-state index >= 15 is 0 Å². The lowest BCUT2D eigenvalue weighted by molar-refractivity contribution is 0.389. The van der Waals surface area contributed by atoms with E-state index in [1.165, 1.54) is 0 Å². The summed E-state index contributed by atoms with van der Waals surface area (Å²) in [7, 11) is 0. The van der Waals surface area contributed by atoms with Crippen molar-refractivity contribution in [3.63, 3.8) is 0 Å². The number of hydrogen-bond acceptors (Lipinski definition) is 5. The van der Waals surface area contributed by atoms with Gasteiger partial charge >= 0.3 is 5.63 Å². The van der Waals surface area contributed by atoms with Crippen LogP contribution in [-0.2, 0) is 0 Å². The summed E-state index contributed by atoms with van der Waals surface area (Å²) in [5.74, 6) is -0.296. The first-order chi connectivity index (χ1) is 12.5. The summed E-state index contributed by atoms with van der Waals surface area (Å²) in [4.78, 5) is 12.8. The van der Waals surface area contributed by atoms with Gasteiger partial charge in [-0.2, -0.15) is 0 Å². The Morgan fingerprint density at radius 2 is 1.81 bits per heavy atom. The number of benzene rings is 2.